The quantitative estimate of drug-likeness (QED) is 0.368. The van der Waals surface area contributed by atoms with E-state index in [4.69, 9.17) is 19.4 Å². The molecule has 0 aromatic heterocycles. The smallest absolute Gasteiger partial charge is 0.109 e. The zero-order valence-corrected chi connectivity index (χ0v) is 5.85. The first-order valence-corrected chi connectivity index (χ1v) is 5.42. The maximum atomic E-state index is 5.46. The summed E-state index contributed by atoms with van der Waals surface area (Å²) in [5.74, 6) is -1.31. The van der Waals surface area contributed by atoms with E-state index in [1.54, 1.807) is 0 Å². The molecule has 0 amide bonds. The molecule has 0 N–H and O–H groups in total. The van der Waals surface area contributed by atoms with Crippen LogP contribution in [0.2, 0.25) is 0 Å². The Kier molecular flexibility index (Phi) is 2.39. The molecular weight excluding hydrogens is 110 g/mol. The molecule has 1 unspecified atom stereocenters. The van der Waals surface area contributed by atoms with Crippen LogP contribution in [0.4, 0.5) is 0 Å². The molecule has 0 aliphatic heterocycles. The number of hydrogen-bond donors (Lipinski definition) is 0. The van der Waals surface area contributed by atoms with Gasteiger partial charge in [-0.05, 0) is 12.8 Å². The van der Waals surface area contributed by atoms with Gasteiger partial charge in [-0.25, -0.2) is 0 Å². The number of hydrogen-bond acceptors (Lipinski definition) is 1. The summed E-state index contributed by atoms with van der Waals surface area (Å²) in [6.07, 6.45) is 0.975. The molecule has 0 spiro atoms. The first kappa shape index (κ1) is 6.71. The SMILES string of the molecule is [B]P(C)(=S)CC. The van der Waals surface area contributed by atoms with Crippen molar-refractivity contribution in [2.45, 2.75) is 6.92 Å². The highest BCUT2D eigenvalue weighted by Crippen LogP contribution is 2.33. The van der Waals surface area contributed by atoms with Gasteiger partial charge in [-0.15, -0.1) is 11.8 Å². The Labute approximate surface area is 45.7 Å². The van der Waals surface area contributed by atoms with E-state index in [9.17, 15) is 0 Å². The fraction of sp³-hybridized carbons (Fsp3) is 1.00. The lowest BCUT2D eigenvalue weighted by molar-refractivity contribution is 1.51. The van der Waals surface area contributed by atoms with E-state index >= 15 is 0 Å². The van der Waals surface area contributed by atoms with Crippen molar-refractivity contribution in [3.63, 3.8) is 0 Å². The molecule has 0 nitrogen and oxygen atoms in total. The Bertz CT molecular complexity index is 74.9. The molecule has 3 heteroatoms. The fourth-order valence-corrected chi connectivity index (χ4v) is 0. The Morgan fingerprint density at radius 2 is 2.00 bits per heavy atom. The highest BCUT2D eigenvalue weighted by Gasteiger charge is 1.92. The average Bonchev–Trinajstić information content (AvgIpc) is 1.35. The molecule has 0 rings (SSSR count). The first-order valence-electron chi connectivity index (χ1n) is 1.91. The molecule has 6 heavy (non-hydrogen) atoms. The third-order valence-corrected chi connectivity index (χ3v) is 2.66. The minimum absolute atomic E-state index is 0.975. The topological polar surface area (TPSA) is 0 Å². The van der Waals surface area contributed by atoms with Crippen LogP contribution in [0.1, 0.15) is 6.92 Å². The largest absolute Gasteiger partial charge is 0.124 e. The molecule has 34 valence electrons. The molecular formula is C3H8BPS. The van der Waals surface area contributed by atoms with Crippen LogP contribution in [-0.4, -0.2) is 20.4 Å². The third kappa shape index (κ3) is 4.71. The molecule has 0 aromatic rings. The zero-order valence-electron chi connectivity index (χ0n) is 4.14. The zero-order chi connectivity index (χ0) is 5.21. The second-order valence-electron chi connectivity index (χ2n) is 1.49. The summed E-state index contributed by atoms with van der Waals surface area (Å²) >= 11 is 4.88. The maximum Gasteiger partial charge on any atom is 0.124 e. The summed E-state index contributed by atoms with van der Waals surface area (Å²) in [7, 11) is 5.46. The van der Waals surface area contributed by atoms with E-state index in [0.29, 0.717) is 0 Å². The van der Waals surface area contributed by atoms with Gasteiger partial charge in [0.15, 0.2) is 0 Å². The van der Waals surface area contributed by atoms with Crippen LogP contribution in [-0.2, 0) is 11.8 Å². The van der Waals surface area contributed by atoms with E-state index in [-0.39, 0.29) is 0 Å². The van der Waals surface area contributed by atoms with Gasteiger partial charge in [0, 0.05) is 0 Å². The van der Waals surface area contributed by atoms with Crippen molar-refractivity contribution in [3.8, 4) is 0 Å². The van der Waals surface area contributed by atoms with Gasteiger partial charge in [-0.2, -0.15) is 0 Å². The first-order chi connectivity index (χ1) is 2.56. The van der Waals surface area contributed by atoms with Crippen molar-refractivity contribution in [1.82, 2.24) is 0 Å². The summed E-state index contributed by atoms with van der Waals surface area (Å²) in [5.41, 5.74) is 0. The van der Waals surface area contributed by atoms with E-state index in [0.717, 1.165) is 6.16 Å². The summed E-state index contributed by atoms with van der Waals surface area (Å²) in [4.78, 5) is 0. The van der Waals surface area contributed by atoms with Crippen LogP contribution in [0.5, 0.6) is 0 Å². The minimum atomic E-state index is -1.31. The predicted octanol–water partition coefficient (Wildman–Crippen LogP) is 1.20. The summed E-state index contributed by atoms with van der Waals surface area (Å²) < 4.78 is 0. The van der Waals surface area contributed by atoms with Gasteiger partial charge >= 0.3 is 0 Å². The Morgan fingerprint density at radius 3 is 2.00 bits per heavy atom. The fourth-order valence-electron chi connectivity index (χ4n) is 0. The average molecular weight is 118 g/mol. The Balaban J connectivity index is 3.48. The van der Waals surface area contributed by atoms with E-state index in [1.807, 2.05) is 13.6 Å². The highest BCUT2D eigenvalue weighted by atomic mass is 32.4. The standard InChI is InChI=1S/C3H8BPS/c1-3-5(2,4)6/h3H2,1-2H3. The summed E-state index contributed by atoms with van der Waals surface area (Å²) in [6, 6.07) is 0. The monoisotopic (exact) mass is 118 g/mol. The van der Waals surface area contributed by atoms with Gasteiger partial charge in [-0.3, -0.25) is 0 Å². The molecule has 0 heterocycles. The number of rotatable bonds is 1. The second-order valence-corrected chi connectivity index (χ2v) is 6.97. The highest BCUT2D eigenvalue weighted by molar-refractivity contribution is 8.25. The van der Waals surface area contributed by atoms with Gasteiger partial charge in [-0.1, -0.05) is 12.8 Å². The van der Waals surface area contributed by atoms with Crippen LogP contribution in [0.15, 0.2) is 0 Å². The molecule has 1 atom stereocenters. The van der Waals surface area contributed by atoms with Crippen LogP contribution in [0, 0.1) is 0 Å². The van der Waals surface area contributed by atoms with Crippen molar-refractivity contribution < 1.29 is 0 Å². The molecule has 0 aliphatic carbocycles. The van der Waals surface area contributed by atoms with Crippen LogP contribution in [0.3, 0.4) is 0 Å². The van der Waals surface area contributed by atoms with E-state index < -0.39 is 5.92 Å². The van der Waals surface area contributed by atoms with Crippen molar-refractivity contribution >= 4 is 25.3 Å². The molecule has 0 aliphatic rings. The van der Waals surface area contributed by atoms with Gasteiger partial charge in [0.1, 0.15) is 7.57 Å². The summed E-state index contributed by atoms with van der Waals surface area (Å²) in [6.45, 7) is 3.98. The molecule has 0 fully saturated rings. The van der Waals surface area contributed by atoms with Crippen molar-refractivity contribution in [2.75, 3.05) is 12.8 Å². The Hall–Kier alpha value is 0.715. The van der Waals surface area contributed by atoms with Gasteiger partial charge in [0.25, 0.3) is 0 Å². The summed E-state index contributed by atoms with van der Waals surface area (Å²) in [5, 5.41) is 0. The normalized spacial score (nSPS) is 19.7. The van der Waals surface area contributed by atoms with Gasteiger partial charge < -0.3 is 0 Å². The molecule has 0 saturated carbocycles. The lowest BCUT2D eigenvalue weighted by Crippen LogP contribution is -1.76. The lowest BCUT2D eigenvalue weighted by Gasteiger charge is -2.01. The third-order valence-electron chi connectivity index (χ3n) is 0.628. The van der Waals surface area contributed by atoms with Crippen LogP contribution < -0.4 is 0 Å². The van der Waals surface area contributed by atoms with Crippen LogP contribution >= 0.6 is 5.92 Å². The van der Waals surface area contributed by atoms with E-state index in [2.05, 4.69) is 0 Å². The second kappa shape index (κ2) is 2.13. The molecule has 0 aromatic carbocycles. The predicted molar refractivity (Wildman–Crippen MR) is 36.5 cm³/mol. The van der Waals surface area contributed by atoms with Crippen molar-refractivity contribution in [2.24, 2.45) is 0 Å². The Morgan fingerprint density at radius 1 is 1.83 bits per heavy atom. The van der Waals surface area contributed by atoms with Gasteiger partial charge in [0.05, 0.1) is 0 Å². The van der Waals surface area contributed by atoms with Crippen molar-refractivity contribution in [1.29, 1.82) is 0 Å². The van der Waals surface area contributed by atoms with Crippen LogP contribution in [0.25, 0.3) is 0 Å². The molecule has 2 radical (unpaired) electrons. The molecule has 0 bridgehead atoms. The lowest BCUT2D eigenvalue weighted by atomic mass is 10.8. The van der Waals surface area contributed by atoms with E-state index in [1.165, 1.54) is 0 Å². The minimum Gasteiger partial charge on any atom is -0.109 e. The van der Waals surface area contributed by atoms with Gasteiger partial charge in [0.2, 0.25) is 0 Å². The maximum absolute atomic E-state index is 5.46. The molecule has 0 saturated heterocycles. The van der Waals surface area contributed by atoms with Crippen molar-refractivity contribution in [3.05, 3.63) is 0 Å².